The maximum atomic E-state index is 11.1. The lowest BCUT2D eigenvalue weighted by Crippen LogP contribution is -2.34. The highest BCUT2D eigenvalue weighted by Gasteiger charge is 2.40. The number of methoxy groups -OCH3 is 2. The minimum absolute atomic E-state index is 0.00813. The fraction of sp³-hybridized carbons (Fsp3) is 0.400. The van der Waals surface area contributed by atoms with Crippen LogP contribution in [0.15, 0.2) is 30.3 Å². The number of ether oxygens (including phenoxy) is 2. The van der Waals surface area contributed by atoms with Crippen LogP contribution < -0.4 is 9.47 Å². The van der Waals surface area contributed by atoms with Crippen LogP contribution in [0, 0.1) is 5.53 Å². The van der Waals surface area contributed by atoms with Gasteiger partial charge in [0.25, 0.3) is 0 Å². The Morgan fingerprint density at radius 2 is 1.62 bits per heavy atom. The average Bonchev–Trinajstić information content (AvgIpc) is 2.75. The van der Waals surface area contributed by atoms with E-state index < -0.39 is 5.97 Å². The Morgan fingerprint density at radius 1 is 1.06 bits per heavy atom. The standard InChI is InChI=1S/C25H30O4.HN3/c1-24(2)13-14-25(3,4)21-19(24)15-20(28-5)18(22(21)29-6)12-9-16-7-10-17(11-8-16)23(26)27;1-3-2/h7-12,15H,13-14H2,1-6H3,(H,26,27);1H. The van der Waals surface area contributed by atoms with E-state index in [4.69, 9.17) is 25.6 Å². The van der Waals surface area contributed by atoms with E-state index in [1.54, 1.807) is 43.4 Å². The van der Waals surface area contributed by atoms with Gasteiger partial charge < -0.3 is 14.6 Å². The Hall–Kier alpha value is -3.44. The highest BCUT2D eigenvalue weighted by atomic mass is 16.5. The Morgan fingerprint density at radius 3 is 2.12 bits per heavy atom. The van der Waals surface area contributed by atoms with Crippen LogP contribution in [0.3, 0.4) is 0 Å². The Labute approximate surface area is 189 Å². The van der Waals surface area contributed by atoms with Gasteiger partial charge in [-0.25, -0.2) is 4.79 Å². The fourth-order valence-electron chi connectivity index (χ4n) is 4.20. The molecule has 0 aromatic heterocycles. The van der Waals surface area contributed by atoms with Crippen LogP contribution in [0.5, 0.6) is 11.5 Å². The van der Waals surface area contributed by atoms with Gasteiger partial charge in [0.1, 0.15) is 11.5 Å². The summed E-state index contributed by atoms with van der Waals surface area (Å²) in [4.78, 5) is 12.8. The molecule has 0 fully saturated rings. The lowest BCUT2D eigenvalue weighted by molar-refractivity contribution is 0.0697. The van der Waals surface area contributed by atoms with E-state index in [1.165, 1.54) is 11.1 Å². The van der Waals surface area contributed by atoms with Gasteiger partial charge in [-0.05, 0) is 69.5 Å². The summed E-state index contributed by atoms with van der Waals surface area (Å²) in [7, 11) is 3.40. The number of carbonyl (C=O) groups is 1. The SMILES string of the molecule is COc1cc2c(c(OC)c1C=Cc1ccc(C(=O)O)cc1)C(C)(C)CCC2(C)C.[N-]=[N+]=N. The van der Waals surface area contributed by atoms with Gasteiger partial charge in [0.05, 0.1) is 25.3 Å². The van der Waals surface area contributed by atoms with E-state index in [2.05, 4.69) is 33.8 Å². The van der Waals surface area contributed by atoms with Crippen LogP contribution in [-0.2, 0) is 10.8 Å². The molecule has 2 aromatic rings. The van der Waals surface area contributed by atoms with Crippen molar-refractivity contribution in [3.8, 4) is 11.5 Å². The molecule has 32 heavy (non-hydrogen) atoms. The molecule has 2 N–H and O–H groups in total. The van der Waals surface area contributed by atoms with Crippen molar-refractivity contribution < 1.29 is 19.4 Å². The van der Waals surface area contributed by atoms with Crippen LogP contribution >= 0.6 is 0 Å². The van der Waals surface area contributed by atoms with Crippen molar-refractivity contribution in [1.82, 2.24) is 0 Å². The van der Waals surface area contributed by atoms with Crippen LogP contribution in [-0.4, -0.2) is 25.3 Å². The van der Waals surface area contributed by atoms with E-state index in [0.717, 1.165) is 35.5 Å². The molecular weight excluding hydrogens is 406 g/mol. The smallest absolute Gasteiger partial charge is 0.335 e. The van der Waals surface area contributed by atoms with Crippen LogP contribution in [0.4, 0.5) is 0 Å². The first kappa shape index (κ1) is 24.8. The number of benzene rings is 2. The lowest BCUT2D eigenvalue weighted by Gasteiger charge is -2.43. The third-order valence-corrected chi connectivity index (χ3v) is 6.09. The number of hydrogen-bond acceptors (Lipinski definition) is 4. The summed E-state index contributed by atoms with van der Waals surface area (Å²) in [6, 6.07) is 8.96. The summed E-state index contributed by atoms with van der Waals surface area (Å²) < 4.78 is 11.7. The molecule has 0 radical (unpaired) electrons. The Bertz CT molecular complexity index is 1050. The summed E-state index contributed by atoms with van der Waals surface area (Å²) in [6.45, 7) is 9.10. The predicted molar refractivity (Wildman–Crippen MR) is 127 cm³/mol. The van der Waals surface area contributed by atoms with Gasteiger partial charge in [0, 0.05) is 5.56 Å². The number of nitrogens with one attached hydrogen (secondary N) is 1. The van der Waals surface area contributed by atoms with E-state index >= 15 is 0 Å². The molecule has 7 heteroatoms. The number of nitrogens with zero attached hydrogens (tertiary/aromatic N) is 2. The maximum absolute atomic E-state index is 11.1. The highest BCUT2D eigenvalue weighted by molar-refractivity contribution is 5.88. The molecule has 7 nitrogen and oxygen atoms in total. The summed E-state index contributed by atoms with van der Waals surface area (Å²) in [5.74, 6) is 0.712. The maximum Gasteiger partial charge on any atom is 0.335 e. The molecule has 0 saturated carbocycles. The third-order valence-electron chi connectivity index (χ3n) is 6.09. The lowest BCUT2D eigenvalue weighted by atomic mass is 9.62. The molecule has 170 valence electrons. The summed E-state index contributed by atoms with van der Waals surface area (Å²) in [5, 5.41) is 9.07. The Kier molecular flexibility index (Phi) is 7.60. The number of rotatable bonds is 5. The monoisotopic (exact) mass is 437 g/mol. The number of carboxylic acids is 1. The second kappa shape index (κ2) is 9.79. The van der Waals surface area contributed by atoms with Crippen molar-refractivity contribution in [2.45, 2.75) is 51.4 Å². The van der Waals surface area contributed by atoms with E-state index in [0.29, 0.717) is 0 Å². The van der Waals surface area contributed by atoms with Crippen LogP contribution in [0.2, 0.25) is 0 Å². The predicted octanol–water partition coefficient (Wildman–Crippen LogP) is 6.80. The van der Waals surface area contributed by atoms with Gasteiger partial charge in [-0.2, -0.15) is 0 Å². The van der Waals surface area contributed by atoms with Gasteiger partial charge in [-0.3, -0.25) is 0 Å². The molecule has 0 heterocycles. The first-order valence-electron chi connectivity index (χ1n) is 10.3. The Balaban J connectivity index is 0.00000114. The molecule has 0 amide bonds. The van der Waals surface area contributed by atoms with Gasteiger partial charge >= 0.3 is 5.97 Å². The zero-order valence-electron chi connectivity index (χ0n) is 19.5. The van der Waals surface area contributed by atoms with Crippen molar-refractivity contribution in [2.24, 2.45) is 0 Å². The first-order chi connectivity index (χ1) is 15.0. The van der Waals surface area contributed by atoms with Gasteiger partial charge in [-0.1, -0.05) is 45.9 Å². The fourth-order valence-corrected chi connectivity index (χ4v) is 4.20. The minimum Gasteiger partial charge on any atom is -0.496 e. The number of hydrogen-bond donors (Lipinski definition) is 2. The molecule has 0 atom stereocenters. The molecule has 0 aliphatic heterocycles. The summed E-state index contributed by atoms with van der Waals surface area (Å²) in [6.07, 6.45) is 6.16. The van der Waals surface area contributed by atoms with Crippen molar-refractivity contribution in [1.29, 1.82) is 5.53 Å². The number of fused-ring (bicyclic) bond motifs is 1. The van der Waals surface area contributed by atoms with E-state index in [-0.39, 0.29) is 16.4 Å². The second-order valence-corrected chi connectivity index (χ2v) is 9.08. The van der Waals surface area contributed by atoms with Gasteiger partial charge in [-0.15, -0.1) is 5.53 Å². The van der Waals surface area contributed by atoms with Crippen LogP contribution in [0.1, 0.15) is 73.1 Å². The third kappa shape index (κ3) is 5.06. The van der Waals surface area contributed by atoms with Gasteiger partial charge in [0.15, 0.2) is 0 Å². The topological polar surface area (TPSA) is 116 Å². The zero-order chi connectivity index (χ0) is 24.1. The van der Waals surface area contributed by atoms with Crippen LogP contribution in [0.25, 0.3) is 22.6 Å². The highest BCUT2D eigenvalue weighted by Crippen LogP contribution is 2.52. The second-order valence-electron chi connectivity index (χ2n) is 9.08. The quantitative estimate of drug-likeness (QED) is 0.232. The van der Waals surface area contributed by atoms with Gasteiger partial charge in [0.2, 0.25) is 0 Å². The largest absolute Gasteiger partial charge is 0.496 e. The number of carboxylic acid groups (broad SMARTS) is 1. The normalized spacial score (nSPS) is 15.7. The summed E-state index contributed by atoms with van der Waals surface area (Å²) >= 11 is 0. The number of aromatic carboxylic acids is 1. The van der Waals surface area contributed by atoms with E-state index in [9.17, 15) is 4.79 Å². The average molecular weight is 438 g/mol. The van der Waals surface area contributed by atoms with Crippen molar-refractivity contribution in [2.75, 3.05) is 14.2 Å². The molecule has 0 spiro atoms. The first-order valence-corrected chi connectivity index (χ1v) is 10.3. The van der Waals surface area contributed by atoms with Crippen molar-refractivity contribution in [3.05, 3.63) is 68.6 Å². The molecule has 1 aliphatic carbocycles. The molecule has 0 saturated heterocycles. The molecular formula is C25H31N3O4. The molecule has 3 rings (SSSR count). The van der Waals surface area contributed by atoms with E-state index in [1.807, 2.05) is 12.2 Å². The zero-order valence-corrected chi connectivity index (χ0v) is 19.5. The molecule has 1 aliphatic rings. The molecule has 2 aromatic carbocycles. The summed E-state index contributed by atoms with van der Waals surface area (Å²) in [5.41, 5.74) is 16.9. The van der Waals surface area contributed by atoms with Crippen molar-refractivity contribution in [3.63, 3.8) is 0 Å². The van der Waals surface area contributed by atoms with Crippen molar-refractivity contribution >= 4 is 18.1 Å². The molecule has 0 bridgehead atoms. The minimum atomic E-state index is -0.927. The molecule has 0 unspecified atom stereocenters.